The highest BCUT2D eigenvalue weighted by Gasteiger charge is 2.22. The Balaban J connectivity index is 2.89. The molecule has 0 spiro atoms. The number of nitro groups is 1. The van der Waals surface area contributed by atoms with Gasteiger partial charge in [-0.2, -0.15) is 5.10 Å². The molecule has 0 aliphatic rings. The molecule has 7 nitrogen and oxygen atoms in total. The predicted octanol–water partition coefficient (Wildman–Crippen LogP) is 0.103. The van der Waals surface area contributed by atoms with Crippen molar-refractivity contribution in [3.8, 4) is 0 Å². The molecule has 7 heteroatoms. The number of hydrogen-bond acceptors (Lipinski definition) is 6. The molecule has 0 radical (unpaired) electrons. The zero-order valence-electron chi connectivity index (χ0n) is 9.78. The zero-order valence-corrected chi connectivity index (χ0v) is 9.78. The van der Waals surface area contributed by atoms with Gasteiger partial charge in [0.25, 0.3) is 0 Å². The number of nitrogens with zero attached hydrogens (tertiary/aromatic N) is 4. The van der Waals surface area contributed by atoms with Gasteiger partial charge in [-0.3, -0.25) is 20.8 Å². The molecular weight excluding hydrogens is 222 g/mol. The van der Waals surface area contributed by atoms with Gasteiger partial charge in [0.2, 0.25) is 0 Å². The highest BCUT2D eigenvalue weighted by molar-refractivity contribution is 5.89. The van der Waals surface area contributed by atoms with E-state index in [4.69, 9.17) is 5.73 Å². The van der Waals surface area contributed by atoms with Crippen LogP contribution in [0.25, 0.3) is 0 Å². The van der Waals surface area contributed by atoms with Crippen molar-refractivity contribution in [3.05, 3.63) is 40.2 Å². The Labute approximate surface area is 99.1 Å². The van der Waals surface area contributed by atoms with E-state index in [2.05, 4.69) is 10.1 Å². The van der Waals surface area contributed by atoms with Crippen LogP contribution in [0.2, 0.25) is 0 Å². The largest absolute Gasteiger partial charge is 0.304 e. The molecule has 1 atom stereocenters. The van der Waals surface area contributed by atoms with E-state index in [-0.39, 0.29) is 0 Å². The first-order chi connectivity index (χ1) is 8.00. The van der Waals surface area contributed by atoms with Crippen LogP contribution in [0.1, 0.15) is 5.56 Å². The van der Waals surface area contributed by atoms with Gasteiger partial charge < -0.3 is 5.01 Å². The van der Waals surface area contributed by atoms with E-state index in [0.29, 0.717) is 12.1 Å². The molecule has 1 aromatic heterocycles. The van der Waals surface area contributed by atoms with Gasteiger partial charge in [0.15, 0.2) is 0 Å². The Morgan fingerprint density at radius 2 is 2.41 bits per heavy atom. The van der Waals surface area contributed by atoms with Gasteiger partial charge in [-0.1, -0.05) is 6.07 Å². The summed E-state index contributed by atoms with van der Waals surface area (Å²) in [6.07, 6.45) is 2.30. The molecule has 0 saturated carbocycles. The summed E-state index contributed by atoms with van der Waals surface area (Å²) in [5.74, 6) is 0. The Hall–Kier alpha value is -2.02. The molecule has 0 aromatic carbocycles. The molecule has 0 aliphatic heterocycles. The van der Waals surface area contributed by atoms with Crippen LogP contribution < -0.4 is 5.73 Å². The van der Waals surface area contributed by atoms with Gasteiger partial charge in [-0.25, -0.2) is 0 Å². The fraction of sp³-hybridized carbons (Fsp3) is 0.400. The summed E-state index contributed by atoms with van der Waals surface area (Å²) >= 11 is 0. The summed E-state index contributed by atoms with van der Waals surface area (Å²) in [7, 11) is 3.38. The number of hydrogen-bond donors (Lipinski definition) is 1. The van der Waals surface area contributed by atoms with Crippen molar-refractivity contribution in [2.45, 2.75) is 12.6 Å². The highest BCUT2D eigenvalue weighted by atomic mass is 16.6. The number of hydrazone groups is 1. The van der Waals surface area contributed by atoms with Gasteiger partial charge in [0, 0.05) is 37.8 Å². The maximum Gasteiger partial charge on any atom is 0.304 e. The Bertz CT molecular complexity index is 404. The first-order valence-corrected chi connectivity index (χ1v) is 5.03. The van der Waals surface area contributed by atoms with Crippen molar-refractivity contribution < 1.29 is 4.92 Å². The Kier molecular flexibility index (Phi) is 4.53. The van der Waals surface area contributed by atoms with Crippen molar-refractivity contribution >= 4 is 5.71 Å². The van der Waals surface area contributed by atoms with Crippen LogP contribution >= 0.6 is 0 Å². The quantitative estimate of drug-likeness (QED) is 0.339. The molecule has 1 aromatic rings. The van der Waals surface area contributed by atoms with Crippen molar-refractivity contribution in [2.75, 3.05) is 14.1 Å². The summed E-state index contributed by atoms with van der Waals surface area (Å²) in [6, 6.07) is 3.59. The van der Waals surface area contributed by atoms with Crippen LogP contribution in [-0.2, 0) is 6.42 Å². The number of nitrogens with two attached hydrogens (primary N) is 1. The zero-order chi connectivity index (χ0) is 12.8. The molecule has 0 saturated heterocycles. The van der Waals surface area contributed by atoms with Crippen molar-refractivity contribution in [1.82, 2.24) is 9.99 Å². The van der Waals surface area contributed by atoms with E-state index in [0.717, 1.165) is 5.56 Å². The smallest absolute Gasteiger partial charge is 0.303 e. The third-order valence-electron chi connectivity index (χ3n) is 2.01. The average molecular weight is 237 g/mol. The molecule has 0 fully saturated rings. The van der Waals surface area contributed by atoms with Gasteiger partial charge in [0.05, 0.1) is 0 Å². The van der Waals surface area contributed by atoms with Crippen LogP contribution in [0.15, 0.2) is 29.6 Å². The highest BCUT2D eigenvalue weighted by Crippen LogP contribution is 2.02. The average Bonchev–Trinajstić information content (AvgIpc) is 2.28. The minimum Gasteiger partial charge on any atom is -0.303 e. The van der Waals surface area contributed by atoms with E-state index in [1.165, 1.54) is 5.01 Å². The molecule has 0 aliphatic carbocycles. The summed E-state index contributed by atoms with van der Waals surface area (Å²) in [6.45, 7) is 0. The van der Waals surface area contributed by atoms with Gasteiger partial charge in [-0.15, -0.1) is 0 Å². The molecule has 92 valence electrons. The molecule has 1 unspecified atom stereocenters. The molecule has 17 heavy (non-hydrogen) atoms. The third-order valence-corrected chi connectivity index (χ3v) is 2.01. The Morgan fingerprint density at radius 3 is 2.88 bits per heavy atom. The fourth-order valence-corrected chi connectivity index (χ4v) is 1.29. The third kappa shape index (κ3) is 4.15. The lowest BCUT2D eigenvalue weighted by Gasteiger charge is -2.11. The van der Waals surface area contributed by atoms with E-state index < -0.39 is 11.1 Å². The van der Waals surface area contributed by atoms with Gasteiger partial charge in [0.1, 0.15) is 5.71 Å². The van der Waals surface area contributed by atoms with Crippen molar-refractivity contribution in [2.24, 2.45) is 10.8 Å². The molecule has 1 heterocycles. The second kappa shape index (κ2) is 5.90. The molecular formula is C10H15N5O2. The summed E-state index contributed by atoms with van der Waals surface area (Å²) in [5, 5.41) is 16.2. The maximum atomic E-state index is 10.7. The van der Waals surface area contributed by atoms with Crippen LogP contribution in [-0.4, -0.2) is 40.9 Å². The molecule has 0 bridgehead atoms. The Morgan fingerprint density at radius 1 is 1.71 bits per heavy atom. The van der Waals surface area contributed by atoms with E-state index >= 15 is 0 Å². The lowest BCUT2D eigenvalue weighted by atomic mass is 10.1. The fourth-order valence-electron chi connectivity index (χ4n) is 1.29. The number of aromatic nitrogens is 1. The predicted molar refractivity (Wildman–Crippen MR) is 64.0 cm³/mol. The SMILES string of the molecule is CN(C)N=C(Cc1cccnc1)C(N)[N+](=O)[O-]. The lowest BCUT2D eigenvalue weighted by Crippen LogP contribution is -2.40. The van der Waals surface area contributed by atoms with Crippen LogP contribution in [0.3, 0.4) is 0 Å². The summed E-state index contributed by atoms with van der Waals surface area (Å²) in [5.41, 5.74) is 6.62. The van der Waals surface area contributed by atoms with Gasteiger partial charge in [-0.05, 0) is 11.6 Å². The summed E-state index contributed by atoms with van der Waals surface area (Å²) < 4.78 is 0. The van der Waals surface area contributed by atoms with Crippen LogP contribution in [0.4, 0.5) is 0 Å². The van der Waals surface area contributed by atoms with Crippen molar-refractivity contribution in [3.63, 3.8) is 0 Å². The first-order valence-electron chi connectivity index (χ1n) is 5.03. The van der Waals surface area contributed by atoms with E-state index in [9.17, 15) is 10.1 Å². The maximum absolute atomic E-state index is 10.7. The van der Waals surface area contributed by atoms with Gasteiger partial charge >= 0.3 is 6.17 Å². The van der Waals surface area contributed by atoms with Crippen LogP contribution in [0.5, 0.6) is 0 Å². The van der Waals surface area contributed by atoms with Crippen molar-refractivity contribution in [1.29, 1.82) is 0 Å². The van der Waals surface area contributed by atoms with E-state index in [1.807, 2.05) is 6.07 Å². The second-order valence-electron chi connectivity index (χ2n) is 3.71. The summed E-state index contributed by atoms with van der Waals surface area (Å²) in [4.78, 5) is 14.1. The number of pyridine rings is 1. The molecule has 1 rings (SSSR count). The molecule has 0 amide bonds. The monoisotopic (exact) mass is 237 g/mol. The topological polar surface area (TPSA) is 97.7 Å². The minimum atomic E-state index is -1.29. The minimum absolute atomic E-state index is 0.299. The first kappa shape index (κ1) is 13.0. The standard InChI is InChI=1S/C10H15N5O2/c1-14(2)13-9(10(11)15(16)17)6-8-4-3-5-12-7-8/h3-5,7,10H,6,11H2,1-2H3. The van der Waals surface area contributed by atoms with E-state index in [1.54, 1.807) is 32.6 Å². The normalized spacial score (nSPS) is 13.2. The molecule has 2 N–H and O–H groups in total. The number of rotatable bonds is 5. The lowest BCUT2D eigenvalue weighted by molar-refractivity contribution is -0.502. The second-order valence-corrected chi connectivity index (χ2v) is 3.71. The van der Waals surface area contributed by atoms with Crippen LogP contribution in [0, 0.1) is 10.1 Å².